The molecule has 0 aliphatic heterocycles. The first kappa shape index (κ1) is 11.3. The molecule has 0 fully saturated rings. The number of aliphatic hydroxyl groups excluding tert-OH is 1. The van der Waals surface area contributed by atoms with Gasteiger partial charge in [0.05, 0.1) is 0 Å². The first-order valence-electron chi connectivity index (χ1n) is 4.53. The summed E-state index contributed by atoms with van der Waals surface area (Å²) in [5.41, 5.74) is 0. The van der Waals surface area contributed by atoms with E-state index < -0.39 is 0 Å². The Hall–Kier alpha value is -0.810. The summed E-state index contributed by atoms with van der Waals surface area (Å²) in [4.78, 5) is 8.17. The molecule has 0 aromatic carbocycles. The van der Waals surface area contributed by atoms with Gasteiger partial charge in [0.2, 0.25) is 0 Å². The van der Waals surface area contributed by atoms with Gasteiger partial charge in [-0.1, -0.05) is 6.92 Å². The number of rotatable bonds is 5. The van der Waals surface area contributed by atoms with E-state index in [0.717, 1.165) is 17.3 Å². The lowest BCUT2D eigenvalue weighted by molar-refractivity contribution is 0.289. The van der Waals surface area contributed by atoms with Gasteiger partial charge in [0.15, 0.2) is 0 Å². The summed E-state index contributed by atoms with van der Waals surface area (Å²) in [6.07, 6.45) is 2.32. The van der Waals surface area contributed by atoms with Gasteiger partial charge in [0.1, 0.15) is 17.2 Å². The average molecular weight is 213 g/mol. The number of nitrogens with zero attached hydrogens (tertiary/aromatic N) is 2. The van der Waals surface area contributed by atoms with Crippen molar-refractivity contribution in [3.05, 3.63) is 12.4 Å². The van der Waals surface area contributed by atoms with Crippen LogP contribution in [0.4, 0.5) is 5.82 Å². The van der Waals surface area contributed by atoms with Crippen LogP contribution in [0, 0.1) is 0 Å². The number of anilines is 1. The highest BCUT2D eigenvalue weighted by atomic mass is 32.2. The van der Waals surface area contributed by atoms with E-state index in [9.17, 15) is 0 Å². The molecule has 1 rings (SSSR count). The number of nitrogens with one attached hydrogen (secondary N) is 1. The molecule has 1 unspecified atom stereocenters. The standard InChI is InChI=1S/C9H15N3OS/c1-7(3-4-13)14-9-5-8(10-2)11-6-12-9/h5-7,13H,3-4H2,1-2H3,(H,10,11,12). The van der Waals surface area contributed by atoms with Gasteiger partial charge in [-0.3, -0.25) is 0 Å². The highest BCUT2D eigenvalue weighted by Crippen LogP contribution is 2.23. The number of aliphatic hydroxyl groups is 1. The molecule has 78 valence electrons. The largest absolute Gasteiger partial charge is 0.396 e. The molecule has 0 aliphatic rings. The second-order valence-corrected chi connectivity index (χ2v) is 4.39. The van der Waals surface area contributed by atoms with Crippen molar-refractivity contribution in [1.82, 2.24) is 9.97 Å². The van der Waals surface area contributed by atoms with E-state index in [1.165, 1.54) is 0 Å². The fourth-order valence-electron chi connectivity index (χ4n) is 0.987. The van der Waals surface area contributed by atoms with Crippen molar-refractivity contribution in [2.75, 3.05) is 19.0 Å². The van der Waals surface area contributed by atoms with Crippen LogP contribution < -0.4 is 5.32 Å². The molecule has 1 atom stereocenters. The van der Waals surface area contributed by atoms with Gasteiger partial charge in [-0.2, -0.15) is 0 Å². The second kappa shape index (κ2) is 5.82. The van der Waals surface area contributed by atoms with Gasteiger partial charge in [-0.05, 0) is 6.42 Å². The molecule has 4 nitrogen and oxygen atoms in total. The van der Waals surface area contributed by atoms with E-state index in [2.05, 4.69) is 22.2 Å². The van der Waals surface area contributed by atoms with E-state index in [0.29, 0.717) is 5.25 Å². The van der Waals surface area contributed by atoms with Gasteiger partial charge in [0, 0.05) is 25.0 Å². The van der Waals surface area contributed by atoms with Crippen molar-refractivity contribution in [2.24, 2.45) is 0 Å². The highest BCUT2D eigenvalue weighted by molar-refractivity contribution is 7.99. The smallest absolute Gasteiger partial charge is 0.130 e. The number of hydrogen-bond acceptors (Lipinski definition) is 5. The van der Waals surface area contributed by atoms with E-state index in [1.807, 2.05) is 13.1 Å². The fraction of sp³-hybridized carbons (Fsp3) is 0.556. The molecule has 0 saturated carbocycles. The van der Waals surface area contributed by atoms with E-state index in [1.54, 1.807) is 18.1 Å². The minimum absolute atomic E-state index is 0.220. The Balaban J connectivity index is 2.57. The van der Waals surface area contributed by atoms with E-state index in [4.69, 9.17) is 5.11 Å². The second-order valence-electron chi connectivity index (χ2n) is 2.93. The van der Waals surface area contributed by atoms with Crippen LogP contribution in [0.15, 0.2) is 17.4 Å². The van der Waals surface area contributed by atoms with E-state index >= 15 is 0 Å². The van der Waals surface area contributed by atoms with E-state index in [-0.39, 0.29) is 6.61 Å². The van der Waals surface area contributed by atoms with Crippen molar-refractivity contribution in [2.45, 2.75) is 23.6 Å². The maximum Gasteiger partial charge on any atom is 0.130 e. The van der Waals surface area contributed by atoms with Crippen LogP contribution in [0.1, 0.15) is 13.3 Å². The van der Waals surface area contributed by atoms with Crippen LogP contribution in [0.25, 0.3) is 0 Å². The number of aromatic nitrogens is 2. The van der Waals surface area contributed by atoms with Crippen molar-refractivity contribution < 1.29 is 5.11 Å². The molecule has 0 radical (unpaired) electrons. The molecule has 1 heterocycles. The van der Waals surface area contributed by atoms with Crippen LogP contribution in [0.3, 0.4) is 0 Å². The molecular weight excluding hydrogens is 198 g/mol. The molecule has 0 aliphatic carbocycles. The first-order valence-corrected chi connectivity index (χ1v) is 5.41. The van der Waals surface area contributed by atoms with Gasteiger partial charge in [0.25, 0.3) is 0 Å². The summed E-state index contributed by atoms with van der Waals surface area (Å²) >= 11 is 1.65. The van der Waals surface area contributed by atoms with Crippen LogP contribution in [-0.2, 0) is 0 Å². The SMILES string of the molecule is CNc1cc(SC(C)CCO)ncn1. The third-order valence-corrected chi connectivity index (χ3v) is 2.86. The van der Waals surface area contributed by atoms with Crippen LogP contribution in [-0.4, -0.2) is 34.0 Å². The molecular formula is C9H15N3OS. The normalized spacial score (nSPS) is 12.5. The highest BCUT2D eigenvalue weighted by Gasteiger charge is 2.05. The predicted octanol–water partition coefficient (Wildman–Crippen LogP) is 1.38. The Labute approximate surface area is 88.2 Å². The topological polar surface area (TPSA) is 58.0 Å². The predicted molar refractivity (Wildman–Crippen MR) is 58.6 cm³/mol. The molecule has 0 bridgehead atoms. The molecule has 5 heteroatoms. The molecule has 2 N–H and O–H groups in total. The van der Waals surface area contributed by atoms with Crippen molar-refractivity contribution in [1.29, 1.82) is 0 Å². The molecule has 14 heavy (non-hydrogen) atoms. The lowest BCUT2D eigenvalue weighted by Gasteiger charge is -2.08. The van der Waals surface area contributed by atoms with Crippen LogP contribution in [0.5, 0.6) is 0 Å². The van der Waals surface area contributed by atoms with Crippen molar-refractivity contribution in [3.63, 3.8) is 0 Å². The zero-order chi connectivity index (χ0) is 10.4. The summed E-state index contributed by atoms with van der Waals surface area (Å²) in [7, 11) is 1.83. The monoisotopic (exact) mass is 213 g/mol. The Kier molecular flexibility index (Phi) is 4.69. The van der Waals surface area contributed by atoms with Crippen molar-refractivity contribution in [3.8, 4) is 0 Å². The molecule has 1 aromatic heterocycles. The van der Waals surface area contributed by atoms with Crippen molar-refractivity contribution >= 4 is 17.6 Å². The summed E-state index contributed by atoms with van der Waals surface area (Å²) in [6.45, 7) is 2.29. The fourth-order valence-corrected chi connectivity index (χ4v) is 1.91. The third kappa shape index (κ3) is 3.51. The Morgan fingerprint density at radius 3 is 3.00 bits per heavy atom. The Bertz CT molecular complexity index is 283. The van der Waals surface area contributed by atoms with Gasteiger partial charge < -0.3 is 10.4 Å². The first-order chi connectivity index (χ1) is 6.76. The van der Waals surface area contributed by atoms with Crippen LogP contribution in [0.2, 0.25) is 0 Å². The number of thioether (sulfide) groups is 1. The summed E-state index contributed by atoms with van der Waals surface area (Å²) in [6, 6.07) is 1.90. The molecule has 0 spiro atoms. The Morgan fingerprint density at radius 2 is 2.36 bits per heavy atom. The summed E-state index contributed by atoms with van der Waals surface area (Å²) in [5, 5.41) is 13.0. The van der Waals surface area contributed by atoms with Gasteiger partial charge in [-0.25, -0.2) is 9.97 Å². The minimum Gasteiger partial charge on any atom is -0.396 e. The lowest BCUT2D eigenvalue weighted by Crippen LogP contribution is -2.00. The van der Waals surface area contributed by atoms with Gasteiger partial charge >= 0.3 is 0 Å². The molecule has 0 saturated heterocycles. The number of hydrogen-bond donors (Lipinski definition) is 2. The summed E-state index contributed by atoms with van der Waals surface area (Å²) in [5.74, 6) is 0.818. The quantitative estimate of drug-likeness (QED) is 0.571. The van der Waals surface area contributed by atoms with Crippen LogP contribution >= 0.6 is 11.8 Å². The molecule has 1 aromatic rings. The van der Waals surface area contributed by atoms with Gasteiger partial charge in [-0.15, -0.1) is 11.8 Å². The Morgan fingerprint density at radius 1 is 1.57 bits per heavy atom. The average Bonchev–Trinajstić information content (AvgIpc) is 2.18. The molecule has 0 amide bonds. The lowest BCUT2D eigenvalue weighted by atomic mass is 10.3. The zero-order valence-electron chi connectivity index (χ0n) is 8.40. The summed E-state index contributed by atoms with van der Waals surface area (Å²) < 4.78 is 0. The maximum atomic E-state index is 8.76. The zero-order valence-corrected chi connectivity index (χ0v) is 9.21. The minimum atomic E-state index is 0.220. The third-order valence-electron chi connectivity index (χ3n) is 1.76. The maximum absolute atomic E-state index is 8.76.